The molecule has 2 heterocycles. The number of hydrogen-bond acceptors (Lipinski definition) is 3. The molecular formula is C17H18N2O2S. The lowest BCUT2D eigenvalue weighted by atomic mass is 9.98. The van der Waals surface area contributed by atoms with Gasteiger partial charge in [-0.15, -0.1) is 11.3 Å². The first kappa shape index (κ1) is 14.8. The molecule has 0 saturated carbocycles. The van der Waals surface area contributed by atoms with Gasteiger partial charge in [0.2, 0.25) is 11.8 Å². The fourth-order valence-corrected chi connectivity index (χ4v) is 3.80. The molecular weight excluding hydrogens is 296 g/mol. The molecule has 0 bridgehead atoms. The van der Waals surface area contributed by atoms with E-state index in [2.05, 4.69) is 5.32 Å². The van der Waals surface area contributed by atoms with Crippen molar-refractivity contribution in [2.75, 3.05) is 7.05 Å². The Morgan fingerprint density at radius 2 is 2.05 bits per heavy atom. The number of rotatable bonds is 4. The van der Waals surface area contributed by atoms with Gasteiger partial charge in [-0.2, -0.15) is 0 Å². The van der Waals surface area contributed by atoms with Crippen molar-refractivity contribution in [3.05, 3.63) is 58.3 Å². The van der Waals surface area contributed by atoms with Crippen molar-refractivity contribution in [2.24, 2.45) is 5.92 Å². The van der Waals surface area contributed by atoms with Crippen LogP contribution in [0.25, 0.3) is 0 Å². The van der Waals surface area contributed by atoms with Crippen LogP contribution >= 0.6 is 11.3 Å². The second-order valence-corrected chi connectivity index (χ2v) is 6.46. The van der Waals surface area contributed by atoms with Crippen LogP contribution in [-0.4, -0.2) is 23.8 Å². The third kappa shape index (κ3) is 2.90. The maximum absolute atomic E-state index is 12.5. The molecule has 114 valence electrons. The van der Waals surface area contributed by atoms with E-state index in [9.17, 15) is 9.59 Å². The van der Waals surface area contributed by atoms with Crippen LogP contribution in [0.5, 0.6) is 0 Å². The van der Waals surface area contributed by atoms with E-state index in [4.69, 9.17) is 0 Å². The average Bonchev–Trinajstić information content (AvgIpc) is 3.15. The number of carbonyl (C=O) groups is 2. The average molecular weight is 314 g/mol. The highest BCUT2D eigenvalue weighted by Crippen LogP contribution is 2.39. The summed E-state index contributed by atoms with van der Waals surface area (Å²) in [6.07, 6.45) is 0.277. The maximum atomic E-state index is 12.5. The highest BCUT2D eigenvalue weighted by molar-refractivity contribution is 7.10. The highest BCUT2D eigenvalue weighted by atomic mass is 32.1. The summed E-state index contributed by atoms with van der Waals surface area (Å²) in [5, 5.41) is 4.94. The summed E-state index contributed by atoms with van der Waals surface area (Å²) < 4.78 is 0. The first-order valence-electron chi connectivity index (χ1n) is 7.27. The lowest BCUT2D eigenvalue weighted by Crippen LogP contribution is -2.33. The zero-order chi connectivity index (χ0) is 15.5. The summed E-state index contributed by atoms with van der Waals surface area (Å²) >= 11 is 1.59. The Hall–Kier alpha value is -2.14. The molecule has 1 aliphatic heterocycles. The van der Waals surface area contributed by atoms with Crippen molar-refractivity contribution in [1.29, 1.82) is 0 Å². The van der Waals surface area contributed by atoms with Gasteiger partial charge in [0.15, 0.2) is 0 Å². The van der Waals surface area contributed by atoms with Crippen LogP contribution < -0.4 is 5.32 Å². The van der Waals surface area contributed by atoms with Crippen molar-refractivity contribution in [2.45, 2.75) is 19.0 Å². The van der Waals surface area contributed by atoms with Gasteiger partial charge in [0, 0.05) is 24.9 Å². The molecule has 1 aromatic heterocycles. The standard InChI is InChI=1S/C17H18N2O2S/c1-19-15(20)10-13(16(19)14-8-5-9-22-14)17(21)18-11-12-6-3-2-4-7-12/h2-9,13,16H,10-11H2,1H3,(H,18,21)/t13-,16-/m0/s1. The molecule has 0 aliphatic carbocycles. The molecule has 1 aliphatic rings. The number of carbonyl (C=O) groups excluding carboxylic acids is 2. The SMILES string of the molecule is CN1C(=O)C[C@H](C(=O)NCc2ccccc2)[C@H]1c1cccs1. The van der Waals surface area contributed by atoms with E-state index in [0.29, 0.717) is 6.54 Å². The van der Waals surface area contributed by atoms with Crippen LogP contribution in [0.1, 0.15) is 22.9 Å². The minimum atomic E-state index is -0.320. The van der Waals surface area contributed by atoms with Crippen molar-refractivity contribution >= 4 is 23.2 Å². The zero-order valence-corrected chi connectivity index (χ0v) is 13.2. The normalized spacial score (nSPS) is 21.1. The van der Waals surface area contributed by atoms with Crippen LogP contribution in [0.4, 0.5) is 0 Å². The van der Waals surface area contributed by atoms with Gasteiger partial charge >= 0.3 is 0 Å². The van der Waals surface area contributed by atoms with Gasteiger partial charge in [0.25, 0.3) is 0 Å². The Morgan fingerprint density at radius 3 is 2.73 bits per heavy atom. The van der Waals surface area contributed by atoms with E-state index in [-0.39, 0.29) is 30.2 Å². The van der Waals surface area contributed by atoms with Gasteiger partial charge in [-0.1, -0.05) is 36.4 Å². The third-order valence-corrected chi connectivity index (χ3v) is 5.01. The molecule has 5 heteroatoms. The number of nitrogens with one attached hydrogen (secondary N) is 1. The Labute approximate surface area is 133 Å². The highest BCUT2D eigenvalue weighted by Gasteiger charge is 2.42. The predicted octanol–water partition coefficient (Wildman–Crippen LogP) is 2.58. The number of nitrogens with zero attached hydrogens (tertiary/aromatic N) is 1. The van der Waals surface area contributed by atoms with Gasteiger partial charge in [-0.25, -0.2) is 0 Å². The van der Waals surface area contributed by atoms with Gasteiger partial charge in [-0.3, -0.25) is 9.59 Å². The van der Waals surface area contributed by atoms with Gasteiger partial charge in [0.1, 0.15) is 0 Å². The van der Waals surface area contributed by atoms with Crippen molar-refractivity contribution in [3.63, 3.8) is 0 Å². The van der Waals surface area contributed by atoms with Crippen LogP contribution in [0.3, 0.4) is 0 Å². The van der Waals surface area contributed by atoms with Crippen molar-refractivity contribution < 1.29 is 9.59 Å². The molecule has 1 aromatic carbocycles. The van der Waals surface area contributed by atoms with Crippen molar-refractivity contribution in [1.82, 2.24) is 10.2 Å². The topological polar surface area (TPSA) is 49.4 Å². The Kier molecular flexibility index (Phi) is 4.24. The number of benzene rings is 1. The second-order valence-electron chi connectivity index (χ2n) is 5.48. The minimum Gasteiger partial charge on any atom is -0.352 e. The molecule has 0 spiro atoms. The molecule has 4 nitrogen and oxygen atoms in total. The monoisotopic (exact) mass is 314 g/mol. The molecule has 2 amide bonds. The first-order chi connectivity index (χ1) is 10.7. The fraction of sp³-hybridized carbons (Fsp3) is 0.294. The van der Waals surface area contributed by atoms with Crippen molar-refractivity contribution in [3.8, 4) is 0 Å². The summed E-state index contributed by atoms with van der Waals surface area (Å²) in [6.45, 7) is 0.491. The summed E-state index contributed by atoms with van der Waals surface area (Å²) in [5.74, 6) is -0.349. The summed E-state index contributed by atoms with van der Waals surface area (Å²) in [4.78, 5) is 27.3. The quantitative estimate of drug-likeness (QED) is 0.943. The zero-order valence-electron chi connectivity index (χ0n) is 12.4. The molecule has 1 fully saturated rings. The summed E-state index contributed by atoms with van der Waals surface area (Å²) in [5.41, 5.74) is 1.06. The van der Waals surface area contributed by atoms with E-state index in [1.807, 2.05) is 47.8 Å². The largest absolute Gasteiger partial charge is 0.352 e. The van der Waals surface area contributed by atoms with Gasteiger partial charge in [0.05, 0.1) is 12.0 Å². The number of hydrogen-bond donors (Lipinski definition) is 1. The van der Waals surface area contributed by atoms with E-state index in [1.54, 1.807) is 23.3 Å². The van der Waals surface area contributed by atoms with E-state index >= 15 is 0 Å². The molecule has 1 saturated heterocycles. The summed E-state index contributed by atoms with van der Waals surface area (Å²) in [7, 11) is 1.77. The smallest absolute Gasteiger partial charge is 0.226 e. The van der Waals surface area contributed by atoms with Crippen LogP contribution in [-0.2, 0) is 16.1 Å². The molecule has 2 atom stereocenters. The minimum absolute atomic E-state index is 0.0262. The summed E-state index contributed by atoms with van der Waals surface area (Å²) in [6, 6.07) is 13.6. The lowest BCUT2D eigenvalue weighted by Gasteiger charge is -2.23. The first-order valence-corrected chi connectivity index (χ1v) is 8.15. The second kappa shape index (κ2) is 6.32. The van der Waals surface area contributed by atoms with Crippen LogP contribution in [0.2, 0.25) is 0 Å². The molecule has 0 radical (unpaired) electrons. The predicted molar refractivity (Wildman–Crippen MR) is 86.2 cm³/mol. The molecule has 3 rings (SSSR count). The van der Waals surface area contributed by atoms with E-state index < -0.39 is 0 Å². The van der Waals surface area contributed by atoms with Gasteiger partial charge in [-0.05, 0) is 17.0 Å². The van der Waals surface area contributed by atoms with E-state index in [0.717, 1.165) is 10.4 Å². The van der Waals surface area contributed by atoms with Crippen LogP contribution in [0.15, 0.2) is 47.8 Å². The Bertz CT molecular complexity index is 655. The number of amides is 2. The molecule has 0 unspecified atom stereocenters. The lowest BCUT2D eigenvalue weighted by molar-refractivity contribution is -0.128. The van der Waals surface area contributed by atoms with Gasteiger partial charge < -0.3 is 10.2 Å². The third-order valence-electron chi connectivity index (χ3n) is 4.07. The number of thiophene rings is 1. The molecule has 2 aromatic rings. The van der Waals surface area contributed by atoms with Crippen LogP contribution in [0, 0.1) is 5.92 Å². The Morgan fingerprint density at radius 1 is 1.27 bits per heavy atom. The number of likely N-dealkylation sites (tertiary alicyclic amines) is 1. The maximum Gasteiger partial charge on any atom is 0.226 e. The molecule has 22 heavy (non-hydrogen) atoms. The molecule has 1 N–H and O–H groups in total. The van der Waals surface area contributed by atoms with E-state index in [1.165, 1.54) is 0 Å². The Balaban J connectivity index is 1.72. The fourth-order valence-electron chi connectivity index (χ4n) is 2.87.